The number of nitrogens with zero attached hydrogens (tertiary/aromatic N) is 1. The van der Waals surface area contributed by atoms with Crippen molar-refractivity contribution in [2.75, 3.05) is 26.2 Å². The highest BCUT2D eigenvalue weighted by molar-refractivity contribution is 6.02. The lowest BCUT2D eigenvalue weighted by Gasteiger charge is -2.17. The molecule has 2 aliphatic rings. The van der Waals surface area contributed by atoms with Crippen molar-refractivity contribution in [2.45, 2.75) is 13.8 Å². The molecule has 20 heavy (non-hydrogen) atoms. The summed E-state index contributed by atoms with van der Waals surface area (Å²) in [5.74, 6) is 0.0124. The minimum Gasteiger partial charge on any atom is -0.351 e. The molecule has 0 radical (unpaired) electrons. The average molecular weight is 270 g/mol. The zero-order valence-corrected chi connectivity index (χ0v) is 12.2. The molecule has 2 rings (SSSR count). The van der Waals surface area contributed by atoms with Gasteiger partial charge < -0.3 is 10.2 Å². The Morgan fingerprint density at radius 2 is 1.80 bits per heavy atom. The maximum atomic E-state index is 12.3. The van der Waals surface area contributed by atoms with Crippen LogP contribution in [0.5, 0.6) is 0 Å². The lowest BCUT2D eigenvalue weighted by atomic mass is 10.1. The first-order chi connectivity index (χ1) is 9.76. The Kier molecular flexibility index (Phi) is 5.13. The van der Waals surface area contributed by atoms with Gasteiger partial charge in [-0.15, -0.1) is 0 Å². The van der Waals surface area contributed by atoms with Crippen LogP contribution < -0.4 is 5.32 Å². The first-order valence-corrected chi connectivity index (χ1v) is 7.24. The minimum atomic E-state index is 0.0124. The fourth-order valence-electron chi connectivity index (χ4n) is 2.38. The molecular weight excluding hydrogens is 248 g/mol. The van der Waals surface area contributed by atoms with E-state index < -0.39 is 0 Å². The van der Waals surface area contributed by atoms with Crippen molar-refractivity contribution in [2.24, 2.45) is 0 Å². The second kappa shape index (κ2) is 7.06. The van der Waals surface area contributed by atoms with Crippen LogP contribution in [0.2, 0.25) is 0 Å². The molecule has 0 saturated heterocycles. The zero-order chi connectivity index (χ0) is 14.4. The van der Waals surface area contributed by atoms with Crippen LogP contribution in [0.15, 0.2) is 42.5 Å². The van der Waals surface area contributed by atoms with Gasteiger partial charge >= 0.3 is 0 Å². The molecule has 0 atom stereocenters. The smallest absolute Gasteiger partial charge is 0.251 e. The molecule has 3 nitrogen and oxygen atoms in total. The first-order valence-electron chi connectivity index (χ1n) is 7.24. The third-order valence-electron chi connectivity index (χ3n) is 3.64. The lowest BCUT2D eigenvalue weighted by molar-refractivity contribution is 0.0950. The highest BCUT2D eigenvalue weighted by Gasteiger charge is 2.14. The zero-order valence-electron chi connectivity index (χ0n) is 12.2. The van der Waals surface area contributed by atoms with E-state index in [2.05, 4.69) is 24.1 Å². The summed E-state index contributed by atoms with van der Waals surface area (Å²) in [6.07, 6.45) is 0. The highest BCUT2D eigenvalue weighted by atomic mass is 16.1. The molecule has 1 amide bonds. The van der Waals surface area contributed by atoms with Gasteiger partial charge in [-0.1, -0.05) is 50.2 Å². The van der Waals surface area contributed by atoms with E-state index in [4.69, 9.17) is 0 Å². The van der Waals surface area contributed by atoms with Crippen molar-refractivity contribution in [1.29, 1.82) is 0 Å². The van der Waals surface area contributed by atoms with Gasteiger partial charge in [-0.25, -0.2) is 0 Å². The van der Waals surface area contributed by atoms with Crippen molar-refractivity contribution in [3.63, 3.8) is 0 Å². The Labute approximate surface area is 120 Å². The number of amides is 1. The number of hydrogen-bond donors (Lipinski definition) is 1. The van der Waals surface area contributed by atoms with Crippen LogP contribution in [0.3, 0.4) is 0 Å². The number of carbonyl (C=O) groups excluding carboxylic acids is 1. The summed E-state index contributed by atoms with van der Waals surface area (Å²) in [5, 5.41) is 3.01. The molecule has 3 heteroatoms. The van der Waals surface area contributed by atoms with Gasteiger partial charge in [-0.05, 0) is 30.3 Å². The minimum absolute atomic E-state index is 0.0124. The van der Waals surface area contributed by atoms with E-state index in [1.165, 1.54) is 0 Å². The Morgan fingerprint density at radius 1 is 1.05 bits per heavy atom. The third kappa shape index (κ3) is 3.36. The molecule has 0 fully saturated rings. The second-order valence-electron chi connectivity index (χ2n) is 4.81. The Bertz CT molecular complexity index is 534. The van der Waals surface area contributed by atoms with Gasteiger partial charge in [0.15, 0.2) is 0 Å². The normalized spacial score (nSPS) is 10.9. The van der Waals surface area contributed by atoms with Gasteiger partial charge in [-0.3, -0.25) is 4.79 Å². The van der Waals surface area contributed by atoms with Gasteiger partial charge in [0.05, 0.1) is 0 Å². The lowest BCUT2D eigenvalue weighted by Crippen LogP contribution is -2.34. The van der Waals surface area contributed by atoms with Crippen molar-refractivity contribution in [1.82, 2.24) is 10.2 Å². The van der Waals surface area contributed by atoms with Crippen molar-refractivity contribution in [3.05, 3.63) is 48.0 Å². The molecule has 0 unspecified atom stereocenters. The van der Waals surface area contributed by atoms with Crippen LogP contribution in [0.4, 0.5) is 0 Å². The second-order valence-corrected chi connectivity index (χ2v) is 4.81. The van der Waals surface area contributed by atoms with Crippen LogP contribution in [0.1, 0.15) is 24.2 Å². The van der Waals surface area contributed by atoms with Crippen LogP contribution >= 0.6 is 0 Å². The third-order valence-corrected chi connectivity index (χ3v) is 3.64. The van der Waals surface area contributed by atoms with Crippen molar-refractivity contribution < 1.29 is 4.79 Å². The maximum absolute atomic E-state index is 12.3. The summed E-state index contributed by atoms with van der Waals surface area (Å²) in [5.41, 5.74) is 2.87. The maximum Gasteiger partial charge on any atom is 0.251 e. The van der Waals surface area contributed by atoms with E-state index in [-0.39, 0.29) is 5.91 Å². The summed E-state index contributed by atoms with van der Waals surface area (Å²) in [6.45, 7) is 7.88. The monoisotopic (exact) mass is 270 g/mol. The predicted molar refractivity (Wildman–Crippen MR) is 83.2 cm³/mol. The Hall–Kier alpha value is -1.87. The standard InChI is InChI=1S/C17H22N2O/c1-3-19(4-2)13-12-18-17(20)16-11-10-14-8-6-5-7-9-15(14)16/h5-11H,3-4,12-13H2,1-2H3,(H,18,20). The van der Waals surface area contributed by atoms with E-state index in [0.717, 1.165) is 36.3 Å². The van der Waals surface area contributed by atoms with E-state index in [1.807, 2.05) is 42.5 Å². The SMILES string of the molecule is CCN(CC)CCNC(=O)c1ccc2cccccc1-2. The summed E-state index contributed by atoms with van der Waals surface area (Å²) in [4.78, 5) is 14.5. The van der Waals surface area contributed by atoms with Crippen molar-refractivity contribution in [3.8, 4) is 11.1 Å². The Morgan fingerprint density at radius 3 is 2.55 bits per heavy atom. The summed E-state index contributed by atoms with van der Waals surface area (Å²) < 4.78 is 0. The summed E-state index contributed by atoms with van der Waals surface area (Å²) in [7, 11) is 0. The highest BCUT2D eigenvalue weighted by Crippen LogP contribution is 2.26. The molecule has 0 aliphatic heterocycles. The van der Waals surface area contributed by atoms with Crippen LogP contribution in [-0.2, 0) is 0 Å². The van der Waals surface area contributed by atoms with Crippen LogP contribution in [0, 0.1) is 0 Å². The fourth-order valence-corrected chi connectivity index (χ4v) is 2.38. The van der Waals surface area contributed by atoms with Gasteiger partial charge in [0.25, 0.3) is 5.91 Å². The van der Waals surface area contributed by atoms with E-state index >= 15 is 0 Å². The molecule has 1 N–H and O–H groups in total. The number of rotatable bonds is 6. The fraction of sp³-hybridized carbons (Fsp3) is 0.353. The molecule has 0 bridgehead atoms. The average Bonchev–Trinajstić information content (AvgIpc) is 2.72. The molecule has 2 aliphatic carbocycles. The van der Waals surface area contributed by atoms with Crippen molar-refractivity contribution >= 4 is 5.91 Å². The first kappa shape index (κ1) is 14.5. The number of fused-ring (bicyclic) bond motifs is 1. The number of hydrogen-bond acceptors (Lipinski definition) is 2. The predicted octanol–water partition coefficient (Wildman–Crippen LogP) is 2.86. The van der Waals surface area contributed by atoms with Crippen LogP contribution in [-0.4, -0.2) is 37.0 Å². The van der Waals surface area contributed by atoms with Gasteiger partial charge in [-0.2, -0.15) is 0 Å². The molecule has 0 aromatic carbocycles. The largest absolute Gasteiger partial charge is 0.351 e. The van der Waals surface area contributed by atoms with Gasteiger partial charge in [0, 0.05) is 18.7 Å². The Balaban J connectivity index is 1.99. The number of nitrogens with one attached hydrogen (secondary N) is 1. The molecule has 0 aromatic heterocycles. The van der Waals surface area contributed by atoms with Gasteiger partial charge in [0.1, 0.15) is 0 Å². The van der Waals surface area contributed by atoms with Crippen LogP contribution in [0.25, 0.3) is 11.1 Å². The quantitative estimate of drug-likeness (QED) is 0.875. The molecule has 0 heterocycles. The van der Waals surface area contributed by atoms with E-state index in [0.29, 0.717) is 6.54 Å². The molecule has 0 spiro atoms. The molecular formula is C17H22N2O. The molecule has 106 valence electrons. The number of carbonyl (C=O) groups is 1. The summed E-state index contributed by atoms with van der Waals surface area (Å²) >= 11 is 0. The van der Waals surface area contributed by atoms with Gasteiger partial charge in [0.2, 0.25) is 0 Å². The number of likely N-dealkylation sites (N-methyl/N-ethyl adjacent to an activating group) is 1. The van der Waals surface area contributed by atoms with E-state index in [1.54, 1.807) is 0 Å². The molecule has 0 aromatic rings. The topological polar surface area (TPSA) is 32.3 Å². The van der Waals surface area contributed by atoms with E-state index in [9.17, 15) is 4.79 Å². The molecule has 0 saturated carbocycles. The summed E-state index contributed by atoms with van der Waals surface area (Å²) in [6, 6.07) is 13.9.